The number of aryl methyl sites for hydroxylation is 1. The Kier molecular flexibility index (Phi) is 4.04. The van der Waals surface area contributed by atoms with Gasteiger partial charge >= 0.3 is 0 Å². The van der Waals surface area contributed by atoms with Crippen LogP contribution in [-0.2, 0) is 4.79 Å². The maximum absolute atomic E-state index is 11.0. The average Bonchev–Trinajstić information content (AvgIpc) is 2.93. The SMILES string of the molecule is Cc1ccc(-c2ccc(C=C(C#N)C(N)=O)o2)cc1[N+](=O)[O-]. The lowest BCUT2D eigenvalue weighted by molar-refractivity contribution is -0.385. The lowest BCUT2D eigenvalue weighted by atomic mass is 10.1. The lowest BCUT2D eigenvalue weighted by Gasteiger charge is -2.00. The summed E-state index contributed by atoms with van der Waals surface area (Å²) in [7, 11) is 0. The summed E-state index contributed by atoms with van der Waals surface area (Å²) in [6.45, 7) is 1.64. The molecule has 1 heterocycles. The standard InChI is InChI=1S/C15H11N3O4/c1-9-2-3-10(7-13(9)18(20)21)14-5-4-12(22-14)6-11(8-16)15(17)19/h2-7H,1H3,(H2,17,19). The van der Waals surface area contributed by atoms with Crippen LogP contribution in [0, 0.1) is 28.4 Å². The molecule has 110 valence electrons. The van der Waals surface area contributed by atoms with E-state index in [0.717, 1.165) is 0 Å². The summed E-state index contributed by atoms with van der Waals surface area (Å²) < 4.78 is 5.47. The molecule has 2 rings (SSSR count). The van der Waals surface area contributed by atoms with Crippen molar-refractivity contribution < 1.29 is 14.1 Å². The van der Waals surface area contributed by atoms with Crippen LogP contribution in [-0.4, -0.2) is 10.8 Å². The van der Waals surface area contributed by atoms with Crippen molar-refractivity contribution in [3.8, 4) is 17.4 Å². The van der Waals surface area contributed by atoms with Crippen LogP contribution in [0.25, 0.3) is 17.4 Å². The molecule has 1 amide bonds. The summed E-state index contributed by atoms with van der Waals surface area (Å²) >= 11 is 0. The zero-order chi connectivity index (χ0) is 16.3. The molecule has 0 spiro atoms. The molecule has 22 heavy (non-hydrogen) atoms. The van der Waals surface area contributed by atoms with Crippen molar-refractivity contribution in [3.05, 3.63) is 57.3 Å². The molecule has 0 aliphatic carbocycles. The van der Waals surface area contributed by atoms with Gasteiger partial charge in [0.05, 0.1) is 4.92 Å². The monoisotopic (exact) mass is 297 g/mol. The minimum Gasteiger partial charge on any atom is -0.457 e. The first-order valence-corrected chi connectivity index (χ1v) is 6.19. The summed E-state index contributed by atoms with van der Waals surface area (Å²) in [5.74, 6) is -0.212. The summed E-state index contributed by atoms with van der Waals surface area (Å²) in [5, 5.41) is 19.7. The number of nitro benzene ring substituents is 1. The highest BCUT2D eigenvalue weighted by molar-refractivity contribution is 6.00. The van der Waals surface area contributed by atoms with Crippen LogP contribution >= 0.6 is 0 Å². The number of carbonyl (C=O) groups excluding carboxylic acids is 1. The second-order valence-corrected chi connectivity index (χ2v) is 4.49. The molecule has 0 aliphatic rings. The number of primary amides is 1. The van der Waals surface area contributed by atoms with Gasteiger partial charge in [-0.05, 0) is 19.1 Å². The fraction of sp³-hybridized carbons (Fsp3) is 0.0667. The van der Waals surface area contributed by atoms with E-state index >= 15 is 0 Å². The number of nitrogens with two attached hydrogens (primary N) is 1. The molecule has 1 aromatic carbocycles. The minimum absolute atomic E-state index is 0.0131. The van der Waals surface area contributed by atoms with Gasteiger partial charge in [-0.1, -0.05) is 12.1 Å². The molecule has 2 N–H and O–H groups in total. The number of carbonyl (C=O) groups is 1. The molecular formula is C15H11N3O4. The molecule has 0 bridgehead atoms. The Morgan fingerprint density at radius 3 is 2.73 bits per heavy atom. The van der Waals surface area contributed by atoms with Crippen molar-refractivity contribution in [1.29, 1.82) is 5.26 Å². The summed E-state index contributed by atoms with van der Waals surface area (Å²) in [5.41, 5.74) is 5.85. The van der Waals surface area contributed by atoms with Crippen LogP contribution in [0.1, 0.15) is 11.3 Å². The first-order chi connectivity index (χ1) is 10.4. The van der Waals surface area contributed by atoms with E-state index in [1.807, 2.05) is 0 Å². The molecule has 0 fully saturated rings. The van der Waals surface area contributed by atoms with Gasteiger partial charge in [-0.2, -0.15) is 5.26 Å². The quantitative estimate of drug-likeness (QED) is 0.402. The Labute approximate surface area is 125 Å². The van der Waals surface area contributed by atoms with Crippen molar-refractivity contribution >= 4 is 17.7 Å². The second kappa shape index (κ2) is 5.93. The highest BCUT2D eigenvalue weighted by Crippen LogP contribution is 2.28. The molecule has 0 atom stereocenters. The zero-order valence-corrected chi connectivity index (χ0v) is 11.6. The third kappa shape index (κ3) is 3.02. The van der Waals surface area contributed by atoms with E-state index in [1.165, 1.54) is 12.1 Å². The number of nitro groups is 1. The van der Waals surface area contributed by atoms with Gasteiger partial charge in [0.1, 0.15) is 23.2 Å². The van der Waals surface area contributed by atoms with E-state index in [-0.39, 0.29) is 17.0 Å². The largest absolute Gasteiger partial charge is 0.457 e. The first kappa shape index (κ1) is 15.0. The van der Waals surface area contributed by atoms with E-state index in [1.54, 1.807) is 37.3 Å². The normalized spacial score (nSPS) is 11.0. The molecule has 2 aromatic rings. The molecule has 1 aromatic heterocycles. The Morgan fingerprint density at radius 1 is 1.41 bits per heavy atom. The lowest BCUT2D eigenvalue weighted by Crippen LogP contribution is -2.12. The van der Waals surface area contributed by atoms with Gasteiger partial charge in [-0.3, -0.25) is 14.9 Å². The van der Waals surface area contributed by atoms with Crippen LogP contribution in [0.5, 0.6) is 0 Å². The van der Waals surface area contributed by atoms with Crippen LogP contribution < -0.4 is 5.73 Å². The van der Waals surface area contributed by atoms with Crippen molar-refractivity contribution in [2.75, 3.05) is 0 Å². The predicted octanol–water partition coefficient (Wildman–Crippen LogP) is 2.56. The number of amides is 1. The Balaban J connectivity index is 2.41. The van der Waals surface area contributed by atoms with E-state index in [2.05, 4.69) is 0 Å². The smallest absolute Gasteiger partial charge is 0.273 e. The second-order valence-electron chi connectivity index (χ2n) is 4.49. The fourth-order valence-corrected chi connectivity index (χ4v) is 1.85. The summed E-state index contributed by atoms with van der Waals surface area (Å²) in [6.07, 6.45) is 1.22. The number of rotatable bonds is 4. The Hall–Kier alpha value is -3.40. The maximum Gasteiger partial charge on any atom is 0.273 e. The molecule has 7 nitrogen and oxygen atoms in total. The summed E-state index contributed by atoms with van der Waals surface area (Å²) in [4.78, 5) is 21.5. The predicted molar refractivity (Wildman–Crippen MR) is 78.3 cm³/mol. The van der Waals surface area contributed by atoms with E-state index in [9.17, 15) is 14.9 Å². The Morgan fingerprint density at radius 2 is 2.14 bits per heavy atom. The number of furan rings is 1. The van der Waals surface area contributed by atoms with Crippen LogP contribution in [0.15, 0.2) is 40.3 Å². The van der Waals surface area contributed by atoms with Crippen LogP contribution in [0.4, 0.5) is 5.69 Å². The molecule has 7 heteroatoms. The third-order valence-electron chi connectivity index (χ3n) is 2.99. The average molecular weight is 297 g/mol. The molecular weight excluding hydrogens is 286 g/mol. The van der Waals surface area contributed by atoms with Gasteiger partial charge in [0, 0.05) is 23.3 Å². The van der Waals surface area contributed by atoms with E-state index in [0.29, 0.717) is 16.9 Å². The van der Waals surface area contributed by atoms with Gasteiger partial charge in [-0.25, -0.2) is 0 Å². The molecule has 0 radical (unpaired) electrons. The third-order valence-corrected chi connectivity index (χ3v) is 2.99. The van der Waals surface area contributed by atoms with Crippen molar-refractivity contribution in [2.24, 2.45) is 5.73 Å². The fourth-order valence-electron chi connectivity index (χ4n) is 1.85. The van der Waals surface area contributed by atoms with Gasteiger partial charge in [0.2, 0.25) is 0 Å². The van der Waals surface area contributed by atoms with E-state index < -0.39 is 10.8 Å². The molecule has 0 unspecified atom stereocenters. The van der Waals surface area contributed by atoms with Crippen LogP contribution in [0.2, 0.25) is 0 Å². The van der Waals surface area contributed by atoms with Gasteiger partial charge in [0.15, 0.2) is 0 Å². The number of hydrogen-bond donors (Lipinski definition) is 1. The van der Waals surface area contributed by atoms with Crippen molar-refractivity contribution in [3.63, 3.8) is 0 Å². The zero-order valence-electron chi connectivity index (χ0n) is 11.6. The number of nitrogens with zero attached hydrogens (tertiary/aromatic N) is 2. The Bertz CT molecular complexity index is 828. The van der Waals surface area contributed by atoms with Gasteiger partial charge < -0.3 is 10.2 Å². The summed E-state index contributed by atoms with van der Waals surface area (Å²) in [6, 6.07) is 9.52. The number of hydrogen-bond acceptors (Lipinski definition) is 5. The highest BCUT2D eigenvalue weighted by Gasteiger charge is 2.14. The highest BCUT2D eigenvalue weighted by atomic mass is 16.6. The van der Waals surface area contributed by atoms with Crippen molar-refractivity contribution in [2.45, 2.75) is 6.92 Å². The topological polar surface area (TPSA) is 123 Å². The minimum atomic E-state index is -0.855. The van der Waals surface area contributed by atoms with E-state index in [4.69, 9.17) is 15.4 Å². The molecule has 0 saturated heterocycles. The van der Waals surface area contributed by atoms with Crippen molar-refractivity contribution in [1.82, 2.24) is 0 Å². The number of benzene rings is 1. The van der Waals surface area contributed by atoms with Gasteiger partial charge in [0.25, 0.3) is 11.6 Å². The number of nitriles is 1. The van der Waals surface area contributed by atoms with Gasteiger partial charge in [-0.15, -0.1) is 0 Å². The maximum atomic E-state index is 11.0. The first-order valence-electron chi connectivity index (χ1n) is 6.19. The molecule has 0 saturated carbocycles. The van der Waals surface area contributed by atoms with Crippen LogP contribution in [0.3, 0.4) is 0 Å². The molecule has 0 aliphatic heterocycles.